The molecule has 0 atom stereocenters. The molecule has 4 rings (SSSR count). The Kier molecular flexibility index (Phi) is 3.57. The maximum atomic E-state index is 12.7. The summed E-state index contributed by atoms with van der Waals surface area (Å²) in [7, 11) is 0. The number of H-pyrrole nitrogens is 1. The molecule has 6 nitrogen and oxygen atoms in total. The van der Waals surface area contributed by atoms with Crippen molar-refractivity contribution in [1.82, 2.24) is 20.2 Å². The second kappa shape index (κ2) is 5.80. The van der Waals surface area contributed by atoms with Gasteiger partial charge >= 0.3 is 6.18 Å². The van der Waals surface area contributed by atoms with Crippen molar-refractivity contribution < 1.29 is 17.9 Å². The van der Waals surface area contributed by atoms with Crippen LogP contribution in [0.3, 0.4) is 0 Å². The molecule has 0 aliphatic heterocycles. The Morgan fingerprint density at radius 2 is 1.96 bits per heavy atom. The molecule has 4 aromatic rings. The SMILES string of the molecule is [O-][n+]1cc(C(F)(F)F)ccc1-c1n[nH]c2cnc(-c3cccnc3)cc12. The van der Waals surface area contributed by atoms with E-state index in [2.05, 4.69) is 20.2 Å². The fourth-order valence-electron chi connectivity index (χ4n) is 2.62. The van der Waals surface area contributed by atoms with Gasteiger partial charge in [0.1, 0.15) is 5.56 Å². The van der Waals surface area contributed by atoms with Crippen molar-refractivity contribution >= 4 is 10.9 Å². The minimum absolute atomic E-state index is 0.00702. The lowest BCUT2D eigenvalue weighted by Crippen LogP contribution is -2.30. The Morgan fingerprint density at radius 3 is 2.65 bits per heavy atom. The first-order chi connectivity index (χ1) is 12.4. The summed E-state index contributed by atoms with van der Waals surface area (Å²) in [5, 5.41) is 19.5. The van der Waals surface area contributed by atoms with Gasteiger partial charge in [0.2, 0.25) is 5.69 Å². The molecule has 26 heavy (non-hydrogen) atoms. The summed E-state index contributed by atoms with van der Waals surface area (Å²) < 4.78 is 38.4. The van der Waals surface area contributed by atoms with Crippen LogP contribution in [0.15, 0.2) is 55.1 Å². The van der Waals surface area contributed by atoms with Crippen LogP contribution in [0, 0.1) is 5.21 Å². The van der Waals surface area contributed by atoms with Gasteiger partial charge in [-0.2, -0.15) is 23.0 Å². The third-order valence-corrected chi connectivity index (χ3v) is 3.89. The molecular formula is C17H10F3N5O. The molecule has 0 unspecified atom stereocenters. The molecule has 1 N–H and O–H groups in total. The van der Waals surface area contributed by atoms with E-state index in [1.807, 2.05) is 6.07 Å². The van der Waals surface area contributed by atoms with Crippen LogP contribution in [-0.4, -0.2) is 20.2 Å². The highest BCUT2D eigenvalue weighted by atomic mass is 19.4. The second-order valence-corrected chi connectivity index (χ2v) is 5.56. The molecule has 0 fully saturated rings. The van der Waals surface area contributed by atoms with E-state index in [0.29, 0.717) is 22.8 Å². The topological polar surface area (TPSA) is 81.4 Å². The van der Waals surface area contributed by atoms with Gasteiger partial charge < -0.3 is 5.21 Å². The van der Waals surface area contributed by atoms with E-state index in [1.54, 1.807) is 30.7 Å². The van der Waals surface area contributed by atoms with Crippen molar-refractivity contribution in [1.29, 1.82) is 0 Å². The van der Waals surface area contributed by atoms with Gasteiger partial charge in [-0.1, -0.05) is 0 Å². The summed E-state index contributed by atoms with van der Waals surface area (Å²) in [5.41, 5.74) is 1.17. The van der Waals surface area contributed by atoms with Crippen LogP contribution in [0.25, 0.3) is 33.5 Å². The highest BCUT2D eigenvalue weighted by Gasteiger charge is 2.34. The Labute approximate surface area is 144 Å². The number of pyridine rings is 3. The molecule has 0 amide bonds. The maximum Gasteiger partial charge on any atom is 0.422 e. The molecule has 4 aromatic heterocycles. The lowest BCUT2D eigenvalue weighted by atomic mass is 10.1. The van der Waals surface area contributed by atoms with Gasteiger partial charge in [-0.15, -0.1) is 0 Å². The normalized spacial score (nSPS) is 11.8. The lowest BCUT2D eigenvalue weighted by Gasteiger charge is -2.08. The molecule has 0 bridgehead atoms. The number of fused-ring (bicyclic) bond motifs is 1. The minimum atomic E-state index is -4.59. The van der Waals surface area contributed by atoms with E-state index in [-0.39, 0.29) is 16.1 Å². The minimum Gasteiger partial charge on any atom is -0.618 e. The van der Waals surface area contributed by atoms with Gasteiger partial charge in [0.05, 0.1) is 17.4 Å². The van der Waals surface area contributed by atoms with Crippen molar-refractivity contribution in [2.45, 2.75) is 6.18 Å². The summed E-state index contributed by atoms with van der Waals surface area (Å²) in [4.78, 5) is 8.34. The van der Waals surface area contributed by atoms with Crippen molar-refractivity contribution in [3.8, 4) is 22.6 Å². The van der Waals surface area contributed by atoms with Crippen LogP contribution >= 0.6 is 0 Å². The monoisotopic (exact) mass is 357 g/mol. The molecule has 9 heteroatoms. The molecule has 130 valence electrons. The molecule has 4 heterocycles. The van der Waals surface area contributed by atoms with Gasteiger partial charge in [0, 0.05) is 29.4 Å². The zero-order valence-corrected chi connectivity index (χ0v) is 13.0. The highest BCUT2D eigenvalue weighted by Crippen LogP contribution is 2.31. The largest absolute Gasteiger partial charge is 0.618 e. The van der Waals surface area contributed by atoms with Gasteiger partial charge in [-0.05, 0) is 24.3 Å². The number of rotatable bonds is 2. The lowest BCUT2D eigenvalue weighted by molar-refractivity contribution is -0.595. The molecule has 0 saturated carbocycles. The Morgan fingerprint density at radius 1 is 1.12 bits per heavy atom. The highest BCUT2D eigenvalue weighted by molar-refractivity contribution is 5.93. The van der Waals surface area contributed by atoms with E-state index in [1.165, 1.54) is 0 Å². The fraction of sp³-hybridized carbons (Fsp3) is 0.0588. The van der Waals surface area contributed by atoms with Crippen LogP contribution in [0.2, 0.25) is 0 Å². The van der Waals surface area contributed by atoms with Crippen molar-refractivity contribution in [2.24, 2.45) is 0 Å². The predicted molar refractivity (Wildman–Crippen MR) is 86.5 cm³/mol. The summed E-state index contributed by atoms with van der Waals surface area (Å²) in [6, 6.07) is 7.26. The zero-order valence-electron chi connectivity index (χ0n) is 13.0. The number of alkyl halides is 3. The standard InChI is InChI=1S/C17H10F3N5O/c18-17(19,20)11-3-4-15(25(26)9-11)16-12-6-13(10-2-1-5-21-7-10)22-8-14(12)23-24-16/h1-9H,(H,23,24). The average Bonchev–Trinajstić information content (AvgIpc) is 3.04. The van der Waals surface area contributed by atoms with E-state index in [9.17, 15) is 18.4 Å². The smallest absolute Gasteiger partial charge is 0.422 e. The second-order valence-electron chi connectivity index (χ2n) is 5.56. The average molecular weight is 357 g/mol. The number of nitrogens with zero attached hydrogens (tertiary/aromatic N) is 4. The molecular weight excluding hydrogens is 347 g/mol. The van der Waals surface area contributed by atoms with Crippen LogP contribution in [0.1, 0.15) is 5.56 Å². The number of hydrogen-bond donors (Lipinski definition) is 1. The van der Waals surface area contributed by atoms with Crippen LogP contribution in [0.4, 0.5) is 13.2 Å². The van der Waals surface area contributed by atoms with Crippen LogP contribution < -0.4 is 4.73 Å². The molecule has 0 aromatic carbocycles. The number of aromatic amines is 1. The summed E-state index contributed by atoms with van der Waals surface area (Å²) >= 11 is 0. The van der Waals surface area contributed by atoms with Gasteiger partial charge in [-0.3, -0.25) is 15.1 Å². The van der Waals surface area contributed by atoms with Gasteiger partial charge in [-0.25, -0.2) is 0 Å². The third kappa shape index (κ3) is 2.73. The number of nitrogens with one attached hydrogen (secondary N) is 1. The van der Waals surface area contributed by atoms with Crippen molar-refractivity contribution in [3.63, 3.8) is 0 Å². The Bertz CT molecular complexity index is 1090. The van der Waals surface area contributed by atoms with Gasteiger partial charge in [0.15, 0.2) is 11.9 Å². The molecule has 0 aliphatic rings. The van der Waals surface area contributed by atoms with E-state index in [0.717, 1.165) is 17.7 Å². The van der Waals surface area contributed by atoms with Crippen molar-refractivity contribution in [3.05, 3.63) is 65.9 Å². The molecule has 0 radical (unpaired) electrons. The molecule has 0 spiro atoms. The quantitative estimate of drug-likeness (QED) is 0.441. The van der Waals surface area contributed by atoms with Crippen LogP contribution in [-0.2, 0) is 6.18 Å². The Balaban J connectivity index is 1.85. The molecule has 0 saturated heterocycles. The first-order valence-corrected chi connectivity index (χ1v) is 7.49. The first kappa shape index (κ1) is 16.0. The van der Waals surface area contributed by atoms with E-state index in [4.69, 9.17) is 0 Å². The van der Waals surface area contributed by atoms with Crippen LogP contribution in [0.5, 0.6) is 0 Å². The predicted octanol–water partition coefficient (Wildman–Crippen LogP) is 3.34. The number of aromatic nitrogens is 5. The molecule has 0 aliphatic carbocycles. The van der Waals surface area contributed by atoms with Gasteiger partial charge in [0.25, 0.3) is 0 Å². The van der Waals surface area contributed by atoms with E-state index < -0.39 is 11.7 Å². The fourth-order valence-corrected chi connectivity index (χ4v) is 2.62. The van der Waals surface area contributed by atoms with E-state index >= 15 is 0 Å². The first-order valence-electron chi connectivity index (χ1n) is 7.49. The third-order valence-electron chi connectivity index (χ3n) is 3.89. The van der Waals surface area contributed by atoms with Crippen molar-refractivity contribution in [2.75, 3.05) is 0 Å². The zero-order chi connectivity index (χ0) is 18.3. The maximum absolute atomic E-state index is 12.7. The Hall–Kier alpha value is -3.49. The number of halogens is 3. The summed E-state index contributed by atoms with van der Waals surface area (Å²) in [6.07, 6.45) is 0.732. The summed E-state index contributed by atoms with van der Waals surface area (Å²) in [5.74, 6) is 0. The number of hydrogen-bond acceptors (Lipinski definition) is 4. The summed E-state index contributed by atoms with van der Waals surface area (Å²) in [6.45, 7) is 0.